The molecule has 1 fully saturated rings. The predicted molar refractivity (Wildman–Crippen MR) is 81.6 cm³/mol. The van der Waals surface area contributed by atoms with Gasteiger partial charge in [-0.15, -0.1) is 11.3 Å². The van der Waals surface area contributed by atoms with E-state index >= 15 is 0 Å². The van der Waals surface area contributed by atoms with Crippen LogP contribution in [0.3, 0.4) is 0 Å². The van der Waals surface area contributed by atoms with Gasteiger partial charge in [0.05, 0.1) is 0 Å². The minimum Gasteiger partial charge on any atom is -0.320 e. The Morgan fingerprint density at radius 1 is 1.22 bits per heavy atom. The number of hydrogen-bond acceptors (Lipinski definition) is 2. The average Bonchev–Trinajstić information content (AvgIpc) is 2.92. The number of nitrogens with one attached hydrogen (secondary N) is 1. The summed E-state index contributed by atoms with van der Waals surface area (Å²) in [5, 5.41) is 3.34. The van der Waals surface area contributed by atoms with Gasteiger partial charge in [0.2, 0.25) is 0 Å². The molecule has 1 aliphatic rings. The summed E-state index contributed by atoms with van der Waals surface area (Å²) in [6.45, 7) is 5.69. The number of hydrogen-bond donors (Lipinski definition) is 1. The van der Waals surface area contributed by atoms with E-state index in [1.807, 2.05) is 11.3 Å². The molecule has 1 aromatic heterocycles. The molecule has 1 aromatic rings. The third-order valence-corrected chi connectivity index (χ3v) is 5.65. The summed E-state index contributed by atoms with van der Waals surface area (Å²) in [7, 11) is 2.08. The molecular weight excluding hydrogens is 238 g/mol. The first-order chi connectivity index (χ1) is 8.65. The van der Waals surface area contributed by atoms with E-state index in [1.54, 1.807) is 5.56 Å². The van der Waals surface area contributed by atoms with E-state index < -0.39 is 0 Å². The number of rotatable bonds is 6. The zero-order valence-corrected chi connectivity index (χ0v) is 13.0. The van der Waals surface area contributed by atoms with Crippen molar-refractivity contribution in [2.75, 3.05) is 13.6 Å². The number of thiophene rings is 1. The third kappa shape index (κ3) is 3.36. The Bertz CT molecular complexity index is 374. The maximum absolute atomic E-state index is 3.34. The molecule has 1 N–H and O–H groups in total. The highest BCUT2D eigenvalue weighted by Crippen LogP contribution is 2.44. The molecule has 0 bridgehead atoms. The first-order valence-electron chi connectivity index (χ1n) is 7.36. The molecule has 2 heteroatoms. The predicted octanol–water partition coefficient (Wildman–Crippen LogP) is 4.47. The Morgan fingerprint density at radius 2 is 1.94 bits per heavy atom. The molecule has 1 nitrogen and oxygen atoms in total. The molecule has 0 unspecified atom stereocenters. The van der Waals surface area contributed by atoms with Crippen molar-refractivity contribution in [2.45, 2.75) is 58.8 Å². The maximum Gasteiger partial charge on any atom is 0.00490 e. The van der Waals surface area contributed by atoms with E-state index in [0.29, 0.717) is 5.41 Å². The summed E-state index contributed by atoms with van der Waals surface area (Å²) in [4.78, 5) is 3.01. The minimum atomic E-state index is 0.644. The lowest BCUT2D eigenvalue weighted by atomic mass is 9.77. The van der Waals surface area contributed by atoms with Crippen molar-refractivity contribution < 1.29 is 0 Å². The molecule has 0 aromatic carbocycles. The smallest absolute Gasteiger partial charge is 0.00490 e. The molecule has 1 heterocycles. The van der Waals surface area contributed by atoms with Gasteiger partial charge >= 0.3 is 0 Å². The highest BCUT2D eigenvalue weighted by atomic mass is 32.1. The van der Waals surface area contributed by atoms with E-state index in [0.717, 1.165) is 0 Å². The second kappa shape index (κ2) is 6.21. The summed E-state index contributed by atoms with van der Waals surface area (Å²) in [5.41, 5.74) is 2.25. The lowest BCUT2D eigenvalue weighted by Gasteiger charge is -2.29. The van der Waals surface area contributed by atoms with Gasteiger partial charge < -0.3 is 5.32 Å². The van der Waals surface area contributed by atoms with E-state index in [-0.39, 0.29) is 0 Å². The van der Waals surface area contributed by atoms with Crippen LogP contribution in [0.25, 0.3) is 0 Å². The van der Waals surface area contributed by atoms with Crippen LogP contribution in [0.4, 0.5) is 0 Å². The summed E-state index contributed by atoms with van der Waals surface area (Å²) < 4.78 is 0. The second-order valence-electron chi connectivity index (χ2n) is 6.00. The van der Waals surface area contributed by atoms with E-state index in [1.165, 1.54) is 61.2 Å². The van der Waals surface area contributed by atoms with Crippen LogP contribution in [0.2, 0.25) is 0 Å². The molecule has 1 saturated carbocycles. The summed E-state index contributed by atoms with van der Waals surface area (Å²) in [6.07, 6.45) is 9.86. The minimum absolute atomic E-state index is 0.644. The fourth-order valence-electron chi connectivity index (χ4n) is 3.47. The van der Waals surface area contributed by atoms with Crippen molar-refractivity contribution >= 4 is 11.3 Å². The molecule has 18 heavy (non-hydrogen) atoms. The molecule has 0 atom stereocenters. The molecule has 2 rings (SSSR count). The van der Waals surface area contributed by atoms with E-state index in [9.17, 15) is 0 Å². The van der Waals surface area contributed by atoms with Crippen molar-refractivity contribution in [3.05, 3.63) is 21.4 Å². The zero-order valence-electron chi connectivity index (χ0n) is 12.1. The molecule has 0 amide bonds. The highest BCUT2D eigenvalue weighted by Gasteiger charge is 2.32. The van der Waals surface area contributed by atoms with Gasteiger partial charge in [-0.1, -0.05) is 12.8 Å². The highest BCUT2D eigenvalue weighted by molar-refractivity contribution is 7.12. The molecule has 0 spiro atoms. The van der Waals surface area contributed by atoms with Gasteiger partial charge in [0.15, 0.2) is 0 Å². The van der Waals surface area contributed by atoms with Crippen LogP contribution in [-0.2, 0) is 6.42 Å². The van der Waals surface area contributed by atoms with Gasteiger partial charge in [0.25, 0.3) is 0 Å². The Hall–Kier alpha value is -0.340. The fourth-order valence-corrected chi connectivity index (χ4v) is 4.45. The van der Waals surface area contributed by atoms with Crippen LogP contribution in [0.5, 0.6) is 0 Å². The van der Waals surface area contributed by atoms with Crippen LogP contribution < -0.4 is 5.32 Å². The molecule has 0 radical (unpaired) electrons. The molecule has 0 aliphatic heterocycles. The third-order valence-electron chi connectivity index (χ3n) is 4.64. The van der Waals surface area contributed by atoms with Crippen molar-refractivity contribution in [1.82, 2.24) is 5.32 Å². The normalized spacial score (nSPS) is 18.4. The van der Waals surface area contributed by atoms with Gasteiger partial charge in [-0.05, 0) is 76.6 Å². The largest absolute Gasteiger partial charge is 0.320 e. The average molecular weight is 265 g/mol. The van der Waals surface area contributed by atoms with Gasteiger partial charge in [-0.2, -0.15) is 0 Å². The molecular formula is C16H27NS. The first-order valence-corrected chi connectivity index (χ1v) is 8.17. The Labute approximate surface area is 116 Å². The molecule has 102 valence electrons. The fraction of sp³-hybridized carbons (Fsp3) is 0.750. The summed E-state index contributed by atoms with van der Waals surface area (Å²) in [6, 6.07) is 2.40. The quantitative estimate of drug-likeness (QED) is 0.800. The van der Waals surface area contributed by atoms with Crippen LogP contribution >= 0.6 is 11.3 Å². The van der Waals surface area contributed by atoms with E-state index in [4.69, 9.17) is 0 Å². The van der Waals surface area contributed by atoms with Crippen LogP contribution in [0.15, 0.2) is 6.07 Å². The SMILES string of the molecule is CNCCC1(CCc2cc(C)sc2C)CCCC1. The Balaban J connectivity index is 1.95. The van der Waals surface area contributed by atoms with Gasteiger partial charge in [-0.25, -0.2) is 0 Å². The first kappa shape index (κ1) is 14.1. The second-order valence-corrected chi connectivity index (χ2v) is 7.46. The van der Waals surface area contributed by atoms with Crippen molar-refractivity contribution in [3.8, 4) is 0 Å². The summed E-state index contributed by atoms with van der Waals surface area (Å²) >= 11 is 1.96. The molecule has 0 saturated heterocycles. The summed E-state index contributed by atoms with van der Waals surface area (Å²) in [5.74, 6) is 0. The number of aryl methyl sites for hydroxylation is 3. The van der Waals surface area contributed by atoms with Crippen LogP contribution in [0.1, 0.15) is 53.8 Å². The molecule has 1 aliphatic carbocycles. The Morgan fingerprint density at radius 3 is 2.50 bits per heavy atom. The maximum atomic E-state index is 3.34. The van der Waals surface area contributed by atoms with Crippen molar-refractivity contribution in [1.29, 1.82) is 0 Å². The van der Waals surface area contributed by atoms with Crippen molar-refractivity contribution in [2.24, 2.45) is 5.41 Å². The standard InChI is InChI=1S/C16H27NS/c1-13-12-15(14(2)18-13)6-9-16(10-11-17-3)7-4-5-8-16/h12,17H,4-11H2,1-3H3. The van der Waals surface area contributed by atoms with E-state index in [2.05, 4.69) is 32.3 Å². The lowest BCUT2D eigenvalue weighted by Crippen LogP contribution is -2.23. The van der Waals surface area contributed by atoms with Gasteiger partial charge in [0.1, 0.15) is 0 Å². The zero-order chi connectivity index (χ0) is 13.0. The topological polar surface area (TPSA) is 12.0 Å². The van der Waals surface area contributed by atoms with Crippen LogP contribution in [-0.4, -0.2) is 13.6 Å². The van der Waals surface area contributed by atoms with Gasteiger partial charge in [0, 0.05) is 9.75 Å². The Kier molecular flexibility index (Phi) is 4.85. The van der Waals surface area contributed by atoms with Crippen LogP contribution in [0, 0.1) is 19.3 Å². The van der Waals surface area contributed by atoms with Gasteiger partial charge in [-0.3, -0.25) is 0 Å². The van der Waals surface area contributed by atoms with Crippen molar-refractivity contribution in [3.63, 3.8) is 0 Å². The monoisotopic (exact) mass is 265 g/mol. The lowest BCUT2D eigenvalue weighted by molar-refractivity contribution is 0.247.